The van der Waals surface area contributed by atoms with Crippen molar-refractivity contribution in [2.45, 2.75) is 24.7 Å². The molecule has 0 rings (SSSR count). The van der Waals surface area contributed by atoms with E-state index in [0.717, 1.165) is 0 Å². The number of hydrogen-bond acceptors (Lipinski definition) is 5. The van der Waals surface area contributed by atoms with Crippen molar-refractivity contribution in [3.8, 4) is 0 Å². The van der Waals surface area contributed by atoms with E-state index in [2.05, 4.69) is 0 Å². The van der Waals surface area contributed by atoms with Crippen LogP contribution >= 0.6 is 0 Å². The van der Waals surface area contributed by atoms with Gasteiger partial charge < -0.3 is 25.2 Å². The number of carbonyl (C=O) groups is 1. The van der Waals surface area contributed by atoms with Crippen LogP contribution in [0.1, 0.15) is 12.8 Å². The summed E-state index contributed by atoms with van der Waals surface area (Å²) in [5.41, 5.74) is 0. The largest absolute Gasteiger partial charge is 0.393 e. The van der Waals surface area contributed by atoms with Crippen molar-refractivity contribution >= 4 is 6.29 Å². The van der Waals surface area contributed by atoms with E-state index >= 15 is 0 Å². The lowest BCUT2D eigenvalue weighted by molar-refractivity contribution is -0.235. The maximum Gasteiger partial charge on any atom is 0.192 e. The molecule has 66 valence electrons. The Labute approximate surface area is 63.9 Å². The first-order valence-electron chi connectivity index (χ1n) is 3.22. The Morgan fingerprint density at radius 2 is 2.00 bits per heavy atom. The van der Waals surface area contributed by atoms with Gasteiger partial charge in [0.25, 0.3) is 0 Å². The molecule has 0 heterocycles. The van der Waals surface area contributed by atoms with Crippen LogP contribution in [0.15, 0.2) is 0 Å². The van der Waals surface area contributed by atoms with Crippen LogP contribution in [-0.4, -0.2) is 45.2 Å². The number of carbonyl (C=O) groups excluding carboxylic acids is 1. The van der Waals surface area contributed by atoms with Crippen LogP contribution in [-0.2, 0) is 4.79 Å². The van der Waals surface area contributed by atoms with Gasteiger partial charge >= 0.3 is 0 Å². The smallest absolute Gasteiger partial charge is 0.192 e. The molecule has 0 aromatic carbocycles. The Balaban J connectivity index is 3.86. The second-order valence-corrected chi connectivity index (χ2v) is 2.28. The van der Waals surface area contributed by atoms with E-state index in [9.17, 15) is 4.79 Å². The highest BCUT2D eigenvalue weighted by Gasteiger charge is 2.31. The first kappa shape index (κ1) is 10.5. The van der Waals surface area contributed by atoms with Crippen molar-refractivity contribution in [3.63, 3.8) is 0 Å². The first-order valence-corrected chi connectivity index (χ1v) is 3.22. The Morgan fingerprint density at radius 3 is 2.36 bits per heavy atom. The van der Waals surface area contributed by atoms with Crippen LogP contribution in [0.5, 0.6) is 0 Å². The van der Waals surface area contributed by atoms with Crippen molar-refractivity contribution in [2.24, 2.45) is 0 Å². The van der Waals surface area contributed by atoms with Gasteiger partial charge in [0.15, 0.2) is 5.79 Å². The summed E-state index contributed by atoms with van der Waals surface area (Å²) < 4.78 is 0. The molecule has 0 aliphatic rings. The Morgan fingerprint density at radius 1 is 1.45 bits per heavy atom. The Bertz CT molecular complexity index is 122. The summed E-state index contributed by atoms with van der Waals surface area (Å²) in [5, 5.41) is 34.9. The predicted molar refractivity (Wildman–Crippen MR) is 35.6 cm³/mol. The second-order valence-electron chi connectivity index (χ2n) is 2.28. The lowest BCUT2D eigenvalue weighted by Gasteiger charge is -2.24. The molecular weight excluding hydrogens is 152 g/mol. The molecule has 0 aliphatic carbocycles. The summed E-state index contributed by atoms with van der Waals surface area (Å²) in [4.78, 5) is 9.80. The van der Waals surface area contributed by atoms with Crippen molar-refractivity contribution in [3.05, 3.63) is 0 Å². The molecule has 0 aliphatic heterocycles. The van der Waals surface area contributed by atoms with Crippen LogP contribution < -0.4 is 0 Å². The number of hydrogen-bond donors (Lipinski definition) is 4. The standard InChI is InChI=1S/C6H12O5/c7-3-1-2-6(10,11)5(9)4-8/h3,5,8-11H,1-2,4H2. The van der Waals surface area contributed by atoms with Gasteiger partial charge in [-0.3, -0.25) is 0 Å². The third-order valence-corrected chi connectivity index (χ3v) is 1.34. The van der Waals surface area contributed by atoms with Gasteiger partial charge in [-0.25, -0.2) is 0 Å². The fourth-order valence-electron chi connectivity index (χ4n) is 0.584. The second kappa shape index (κ2) is 4.40. The molecule has 5 nitrogen and oxygen atoms in total. The zero-order valence-electron chi connectivity index (χ0n) is 5.97. The van der Waals surface area contributed by atoms with Crippen molar-refractivity contribution in [1.82, 2.24) is 0 Å². The maximum atomic E-state index is 9.80. The van der Waals surface area contributed by atoms with E-state index < -0.39 is 18.5 Å². The lowest BCUT2D eigenvalue weighted by Crippen LogP contribution is -2.44. The minimum absolute atomic E-state index is 0.0654. The quantitative estimate of drug-likeness (QED) is 0.278. The highest BCUT2D eigenvalue weighted by Crippen LogP contribution is 2.12. The minimum atomic E-state index is -2.37. The van der Waals surface area contributed by atoms with E-state index in [0.29, 0.717) is 6.29 Å². The maximum absolute atomic E-state index is 9.80. The molecule has 0 saturated carbocycles. The molecule has 0 radical (unpaired) electrons. The van der Waals surface area contributed by atoms with Crippen molar-refractivity contribution in [1.29, 1.82) is 0 Å². The van der Waals surface area contributed by atoms with E-state index in [1.807, 2.05) is 0 Å². The van der Waals surface area contributed by atoms with Crippen LogP contribution in [0.3, 0.4) is 0 Å². The van der Waals surface area contributed by atoms with Gasteiger partial charge in [0.05, 0.1) is 6.61 Å². The van der Waals surface area contributed by atoms with Gasteiger partial charge in [-0.1, -0.05) is 0 Å². The van der Waals surface area contributed by atoms with Crippen molar-refractivity contribution < 1.29 is 25.2 Å². The summed E-state index contributed by atoms with van der Waals surface area (Å²) in [7, 11) is 0. The summed E-state index contributed by atoms with van der Waals surface area (Å²) >= 11 is 0. The zero-order chi connectivity index (χ0) is 8.91. The average molecular weight is 164 g/mol. The molecule has 0 bridgehead atoms. The summed E-state index contributed by atoms with van der Waals surface area (Å²) in [6.45, 7) is -0.744. The van der Waals surface area contributed by atoms with Crippen LogP contribution in [0.4, 0.5) is 0 Å². The van der Waals surface area contributed by atoms with Gasteiger partial charge in [-0.2, -0.15) is 0 Å². The highest BCUT2D eigenvalue weighted by molar-refractivity contribution is 5.49. The van der Waals surface area contributed by atoms with Crippen LogP contribution in [0.25, 0.3) is 0 Å². The van der Waals surface area contributed by atoms with Gasteiger partial charge in [0.2, 0.25) is 0 Å². The average Bonchev–Trinajstić information content (AvgIpc) is 1.99. The molecule has 0 aromatic heterocycles. The molecular formula is C6H12O5. The normalized spacial score (nSPS) is 14.5. The summed E-state index contributed by atoms with van der Waals surface area (Å²) in [5.74, 6) is -2.37. The molecule has 1 atom stereocenters. The topological polar surface area (TPSA) is 98.0 Å². The van der Waals surface area contributed by atoms with Crippen molar-refractivity contribution in [2.75, 3.05) is 6.61 Å². The molecule has 0 aromatic rings. The van der Waals surface area contributed by atoms with E-state index in [-0.39, 0.29) is 12.8 Å². The number of aliphatic hydroxyl groups excluding tert-OH is 2. The molecule has 0 spiro atoms. The van der Waals surface area contributed by atoms with Crippen LogP contribution in [0, 0.1) is 0 Å². The summed E-state index contributed by atoms with van der Waals surface area (Å²) in [6, 6.07) is 0. The minimum Gasteiger partial charge on any atom is -0.393 e. The predicted octanol–water partition coefficient (Wildman–Crippen LogP) is -2.00. The summed E-state index contributed by atoms with van der Waals surface area (Å²) in [6.07, 6.45) is -1.46. The molecule has 4 N–H and O–H groups in total. The Kier molecular flexibility index (Phi) is 4.20. The van der Waals surface area contributed by atoms with E-state index in [1.54, 1.807) is 0 Å². The number of aliphatic hydroxyl groups is 4. The fraction of sp³-hybridized carbons (Fsp3) is 0.833. The van der Waals surface area contributed by atoms with Gasteiger partial charge in [0.1, 0.15) is 12.4 Å². The highest BCUT2D eigenvalue weighted by atomic mass is 16.5. The first-order chi connectivity index (χ1) is 5.04. The third kappa shape index (κ3) is 3.43. The lowest BCUT2D eigenvalue weighted by atomic mass is 10.1. The molecule has 0 saturated heterocycles. The number of rotatable bonds is 5. The molecule has 0 fully saturated rings. The molecule has 1 unspecified atom stereocenters. The number of aldehydes is 1. The molecule has 5 heteroatoms. The van der Waals surface area contributed by atoms with Gasteiger partial charge in [0, 0.05) is 12.8 Å². The molecule has 0 amide bonds. The Hall–Kier alpha value is -0.490. The SMILES string of the molecule is O=CCCC(O)(O)C(O)CO. The fourth-order valence-corrected chi connectivity index (χ4v) is 0.584. The van der Waals surface area contributed by atoms with Gasteiger partial charge in [-0.05, 0) is 0 Å². The van der Waals surface area contributed by atoms with E-state index in [1.165, 1.54) is 0 Å². The van der Waals surface area contributed by atoms with Crippen LogP contribution in [0.2, 0.25) is 0 Å². The zero-order valence-corrected chi connectivity index (χ0v) is 5.97. The van der Waals surface area contributed by atoms with E-state index in [4.69, 9.17) is 20.4 Å². The third-order valence-electron chi connectivity index (χ3n) is 1.34. The monoisotopic (exact) mass is 164 g/mol. The molecule has 11 heavy (non-hydrogen) atoms. The van der Waals surface area contributed by atoms with Gasteiger partial charge in [-0.15, -0.1) is 0 Å².